The van der Waals surface area contributed by atoms with Gasteiger partial charge in [0, 0.05) is 13.0 Å². The number of rotatable bonds is 5. The maximum Gasteiger partial charge on any atom is 0.326 e. The average Bonchev–Trinajstić information content (AvgIpc) is 3.23. The molecule has 1 fully saturated rings. The van der Waals surface area contributed by atoms with Gasteiger partial charge in [0.15, 0.2) is 5.78 Å². The van der Waals surface area contributed by atoms with Crippen molar-refractivity contribution >= 4 is 38.0 Å². The molecule has 0 amide bonds. The Balaban J connectivity index is 1.69. The first-order valence-corrected chi connectivity index (χ1v) is 11.1. The third-order valence-corrected chi connectivity index (χ3v) is 7.57. The molecule has 29 heavy (non-hydrogen) atoms. The van der Waals surface area contributed by atoms with E-state index in [0.29, 0.717) is 4.88 Å². The van der Waals surface area contributed by atoms with Crippen LogP contribution in [0.25, 0.3) is 10.9 Å². The van der Waals surface area contributed by atoms with Crippen molar-refractivity contribution in [2.45, 2.75) is 17.4 Å². The number of hydrogen-bond acceptors (Lipinski definition) is 7. The summed E-state index contributed by atoms with van der Waals surface area (Å²) in [6.45, 7) is 0.424. The number of thiophene rings is 1. The summed E-state index contributed by atoms with van der Waals surface area (Å²) in [4.78, 5) is 40.9. The number of fused-ring (bicyclic) bond motifs is 1. The van der Waals surface area contributed by atoms with Crippen LogP contribution in [0.2, 0.25) is 0 Å². The minimum atomic E-state index is -3.98. The molecule has 1 aliphatic rings. The maximum atomic E-state index is 13.3. The summed E-state index contributed by atoms with van der Waals surface area (Å²) in [5.74, 6) is -0.150. The first kappa shape index (κ1) is 19.7. The number of nitrogens with one attached hydrogen (secondary N) is 2. The Kier molecular flexibility index (Phi) is 5.21. The van der Waals surface area contributed by atoms with Gasteiger partial charge in [-0.2, -0.15) is 4.31 Å². The van der Waals surface area contributed by atoms with Gasteiger partial charge < -0.3 is 9.72 Å². The number of aromatic nitrogens is 2. The predicted molar refractivity (Wildman–Crippen MR) is 107 cm³/mol. The summed E-state index contributed by atoms with van der Waals surface area (Å²) in [6.07, 6.45) is 0.00122. The van der Waals surface area contributed by atoms with E-state index in [1.54, 1.807) is 17.5 Å². The molecule has 0 radical (unpaired) electrons. The van der Waals surface area contributed by atoms with E-state index in [1.165, 1.54) is 33.8 Å². The molecule has 1 atom stereocenters. The highest BCUT2D eigenvalue weighted by atomic mass is 32.2. The second-order valence-electron chi connectivity index (χ2n) is 6.56. The van der Waals surface area contributed by atoms with Gasteiger partial charge in [0.05, 0.1) is 39.9 Å². The van der Waals surface area contributed by atoms with E-state index >= 15 is 0 Å². The third kappa shape index (κ3) is 3.81. The number of Topliss-reactive ketones (excluding diaryl/α,β-unsaturated/α-hetero) is 1. The number of morpholine rings is 1. The summed E-state index contributed by atoms with van der Waals surface area (Å²) in [6, 6.07) is 6.76. The summed E-state index contributed by atoms with van der Waals surface area (Å²) in [7, 11) is -3.98. The zero-order valence-corrected chi connectivity index (χ0v) is 16.7. The fraction of sp³-hybridized carbons (Fsp3) is 0.278. The van der Waals surface area contributed by atoms with Gasteiger partial charge in [-0.1, -0.05) is 6.07 Å². The minimum Gasteiger partial charge on any atom is -0.378 e. The predicted octanol–water partition coefficient (Wildman–Crippen LogP) is 0.940. The Hall–Kier alpha value is -2.60. The van der Waals surface area contributed by atoms with Gasteiger partial charge in [-0.25, -0.2) is 13.2 Å². The van der Waals surface area contributed by atoms with E-state index in [-0.39, 0.29) is 47.8 Å². The monoisotopic (exact) mass is 435 g/mol. The van der Waals surface area contributed by atoms with Crippen LogP contribution in [0.5, 0.6) is 0 Å². The van der Waals surface area contributed by atoms with E-state index in [4.69, 9.17) is 4.74 Å². The van der Waals surface area contributed by atoms with Crippen LogP contribution in [0.1, 0.15) is 16.1 Å². The molecule has 152 valence electrons. The molecule has 2 N–H and O–H groups in total. The number of H-pyrrole nitrogens is 2. The van der Waals surface area contributed by atoms with Crippen molar-refractivity contribution in [3.63, 3.8) is 0 Å². The van der Waals surface area contributed by atoms with Gasteiger partial charge in [0.1, 0.15) is 0 Å². The number of benzene rings is 1. The second-order valence-corrected chi connectivity index (χ2v) is 9.40. The fourth-order valence-corrected chi connectivity index (χ4v) is 5.60. The molecule has 2 aromatic heterocycles. The smallest absolute Gasteiger partial charge is 0.326 e. The fourth-order valence-electron chi connectivity index (χ4n) is 3.31. The molecule has 1 saturated heterocycles. The molecule has 0 aliphatic carbocycles. The van der Waals surface area contributed by atoms with E-state index < -0.39 is 27.3 Å². The Morgan fingerprint density at radius 1 is 1.24 bits per heavy atom. The number of hydrogen-bond donors (Lipinski definition) is 2. The number of ketones is 1. The number of aromatic amines is 2. The number of ether oxygens (including phenoxy) is 1. The second kappa shape index (κ2) is 7.67. The number of carbonyl (C=O) groups is 1. The molecule has 11 heteroatoms. The third-order valence-electron chi connectivity index (χ3n) is 4.71. The minimum absolute atomic E-state index is 0.00122. The maximum absolute atomic E-state index is 13.3. The Morgan fingerprint density at radius 3 is 2.83 bits per heavy atom. The molecule has 4 rings (SSSR count). The van der Waals surface area contributed by atoms with Crippen LogP contribution in [0.4, 0.5) is 0 Å². The van der Waals surface area contributed by atoms with Crippen LogP contribution < -0.4 is 11.2 Å². The lowest BCUT2D eigenvalue weighted by atomic mass is 10.1. The van der Waals surface area contributed by atoms with Crippen LogP contribution in [-0.4, -0.2) is 54.3 Å². The summed E-state index contributed by atoms with van der Waals surface area (Å²) >= 11 is 1.30. The van der Waals surface area contributed by atoms with Crippen molar-refractivity contribution in [2.75, 3.05) is 19.8 Å². The molecular formula is C18H17N3O6S2. The first-order valence-electron chi connectivity index (χ1n) is 8.79. The first-order chi connectivity index (χ1) is 13.9. The van der Waals surface area contributed by atoms with Crippen molar-refractivity contribution in [3.05, 3.63) is 61.4 Å². The zero-order chi connectivity index (χ0) is 20.6. The molecule has 0 bridgehead atoms. The summed E-state index contributed by atoms with van der Waals surface area (Å²) in [5, 5.41) is 1.85. The van der Waals surface area contributed by atoms with E-state index in [1.807, 2.05) is 0 Å². The number of nitrogens with zero attached hydrogens (tertiary/aromatic N) is 1. The van der Waals surface area contributed by atoms with Crippen molar-refractivity contribution in [1.82, 2.24) is 14.3 Å². The quantitative estimate of drug-likeness (QED) is 0.574. The highest BCUT2D eigenvalue weighted by Crippen LogP contribution is 2.25. The van der Waals surface area contributed by atoms with Gasteiger partial charge >= 0.3 is 5.69 Å². The Morgan fingerprint density at radius 2 is 2.07 bits per heavy atom. The van der Waals surface area contributed by atoms with Gasteiger partial charge in [-0.15, -0.1) is 11.3 Å². The zero-order valence-electron chi connectivity index (χ0n) is 15.1. The number of sulfonamides is 1. The molecule has 1 aromatic carbocycles. The van der Waals surface area contributed by atoms with Crippen molar-refractivity contribution in [1.29, 1.82) is 0 Å². The van der Waals surface area contributed by atoms with Crippen LogP contribution >= 0.6 is 11.3 Å². The SMILES string of the molecule is O=C(CC1COCCN1S(=O)(=O)c1ccc2[nH]c(=O)[nH]c(=O)c2c1)c1cccs1. The Bertz CT molecular complexity index is 1280. The van der Waals surface area contributed by atoms with Crippen LogP contribution in [0.15, 0.2) is 50.2 Å². The molecule has 1 unspecified atom stereocenters. The van der Waals surface area contributed by atoms with Gasteiger partial charge in [0.2, 0.25) is 10.0 Å². The number of carbonyl (C=O) groups excluding carboxylic acids is 1. The van der Waals surface area contributed by atoms with Gasteiger partial charge in [0.25, 0.3) is 5.56 Å². The summed E-state index contributed by atoms with van der Waals surface area (Å²) < 4.78 is 33.2. The lowest BCUT2D eigenvalue weighted by molar-refractivity contribution is 0.0294. The molecule has 0 spiro atoms. The molecule has 9 nitrogen and oxygen atoms in total. The van der Waals surface area contributed by atoms with Gasteiger partial charge in [-0.05, 0) is 29.6 Å². The molecule has 0 saturated carbocycles. The molecule has 3 aromatic rings. The van der Waals surface area contributed by atoms with Crippen LogP contribution in [0.3, 0.4) is 0 Å². The van der Waals surface area contributed by atoms with Crippen molar-refractivity contribution < 1.29 is 17.9 Å². The lowest BCUT2D eigenvalue weighted by Gasteiger charge is -2.34. The molecule has 3 heterocycles. The van der Waals surface area contributed by atoms with E-state index in [2.05, 4.69) is 9.97 Å². The lowest BCUT2D eigenvalue weighted by Crippen LogP contribution is -2.49. The Labute approximate surface area is 169 Å². The van der Waals surface area contributed by atoms with Crippen molar-refractivity contribution in [2.24, 2.45) is 0 Å². The van der Waals surface area contributed by atoms with E-state index in [9.17, 15) is 22.8 Å². The van der Waals surface area contributed by atoms with E-state index in [0.717, 1.165) is 0 Å². The molecular weight excluding hydrogens is 418 g/mol. The average molecular weight is 435 g/mol. The topological polar surface area (TPSA) is 129 Å². The standard InChI is InChI=1S/C18H17N3O6S2/c22-15(16-2-1-7-28-16)8-11-10-27-6-5-21(11)29(25,26)12-3-4-14-13(9-12)17(23)20-18(24)19-14/h1-4,7,9,11H,5-6,8,10H2,(H2,19,20,23,24). The van der Waals surface area contributed by atoms with Crippen LogP contribution in [0, 0.1) is 0 Å². The molecule has 1 aliphatic heterocycles. The largest absolute Gasteiger partial charge is 0.378 e. The highest BCUT2D eigenvalue weighted by Gasteiger charge is 2.35. The van der Waals surface area contributed by atoms with Crippen LogP contribution in [-0.2, 0) is 14.8 Å². The van der Waals surface area contributed by atoms with Gasteiger partial charge in [-0.3, -0.25) is 14.6 Å². The normalized spacial score (nSPS) is 18.1. The highest BCUT2D eigenvalue weighted by molar-refractivity contribution is 7.89. The summed E-state index contributed by atoms with van der Waals surface area (Å²) in [5.41, 5.74) is -1.10. The van der Waals surface area contributed by atoms with Crippen molar-refractivity contribution in [3.8, 4) is 0 Å².